The van der Waals surface area contributed by atoms with Crippen molar-refractivity contribution in [3.63, 3.8) is 0 Å². The number of hydrogen-bond donors (Lipinski definition) is 0. The average Bonchev–Trinajstić information content (AvgIpc) is 3.19. The zero-order valence-electron chi connectivity index (χ0n) is 11.1. The van der Waals surface area contributed by atoms with E-state index >= 15 is 0 Å². The number of hydrogen-bond acceptors (Lipinski definition) is 4. The predicted molar refractivity (Wildman–Crippen MR) is 67.8 cm³/mol. The molecule has 0 aromatic rings. The Labute approximate surface area is 116 Å². The van der Waals surface area contributed by atoms with Crippen LogP contribution < -0.4 is 0 Å². The molecule has 0 spiro atoms. The van der Waals surface area contributed by atoms with Crippen molar-refractivity contribution in [1.29, 1.82) is 0 Å². The van der Waals surface area contributed by atoms with E-state index in [1.54, 1.807) is 0 Å². The van der Waals surface area contributed by atoms with Crippen molar-refractivity contribution in [2.45, 2.75) is 25.7 Å². The molecule has 0 aromatic carbocycles. The highest BCUT2D eigenvalue weighted by Gasteiger charge is 2.57. The summed E-state index contributed by atoms with van der Waals surface area (Å²) in [6.45, 7) is 0. The monoisotopic (exact) mass is 272 g/mol. The fourth-order valence-corrected chi connectivity index (χ4v) is 4.87. The Hall–Kier alpha value is -1.58. The van der Waals surface area contributed by atoms with Crippen LogP contribution in [-0.2, 0) is 19.1 Å². The Kier molecular flexibility index (Phi) is 1.97. The van der Waals surface area contributed by atoms with Gasteiger partial charge in [0.2, 0.25) is 0 Å². The molecule has 104 valence electrons. The van der Waals surface area contributed by atoms with Crippen molar-refractivity contribution in [3.05, 3.63) is 23.7 Å². The average molecular weight is 272 g/mol. The summed E-state index contributed by atoms with van der Waals surface area (Å²) in [5, 5.41) is 0. The Balaban J connectivity index is 1.39. The van der Waals surface area contributed by atoms with Crippen molar-refractivity contribution in [2.75, 3.05) is 0 Å². The quantitative estimate of drug-likeness (QED) is 0.571. The number of rotatable bonds is 2. The fraction of sp³-hybridized carbons (Fsp3) is 0.625. The molecule has 20 heavy (non-hydrogen) atoms. The lowest BCUT2D eigenvalue weighted by Gasteiger charge is -2.20. The third kappa shape index (κ3) is 1.27. The highest BCUT2D eigenvalue weighted by molar-refractivity contribution is 5.80. The van der Waals surface area contributed by atoms with Gasteiger partial charge in [0.25, 0.3) is 0 Å². The summed E-state index contributed by atoms with van der Waals surface area (Å²) in [6, 6.07) is 0. The number of allylic oxidation sites excluding steroid dienone is 4. The number of fused-ring (bicyclic) bond motifs is 3. The van der Waals surface area contributed by atoms with Crippen LogP contribution in [0.5, 0.6) is 0 Å². The molecule has 0 N–H and O–H groups in total. The molecule has 5 aliphatic rings. The number of carbonyl (C=O) groups excluding carboxylic acids is 2. The maximum absolute atomic E-state index is 12.4. The summed E-state index contributed by atoms with van der Waals surface area (Å²) in [4.78, 5) is 24.1. The number of carbonyl (C=O) groups is 2. The molecule has 4 nitrogen and oxygen atoms in total. The molecule has 1 aliphatic heterocycles. The van der Waals surface area contributed by atoms with Gasteiger partial charge in [-0.25, -0.2) is 0 Å². The minimum Gasteiger partial charge on any atom is -0.427 e. The van der Waals surface area contributed by atoms with E-state index in [4.69, 9.17) is 9.47 Å². The topological polar surface area (TPSA) is 52.6 Å². The van der Waals surface area contributed by atoms with Gasteiger partial charge in [-0.1, -0.05) is 12.2 Å². The Morgan fingerprint density at radius 3 is 2.75 bits per heavy atom. The molecule has 0 amide bonds. The van der Waals surface area contributed by atoms with E-state index in [1.165, 1.54) is 0 Å². The van der Waals surface area contributed by atoms with E-state index in [2.05, 4.69) is 12.2 Å². The van der Waals surface area contributed by atoms with Gasteiger partial charge in [0.1, 0.15) is 5.76 Å². The molecule has 0 aromatic heterocycles. The van der Waals surface area contributed by atoms with Gasteiger partial charge < -0.3 is 9.47 Å². The second-order valence-corrected chi connectivity index (χ2v) is 6.84. The smallest absolute Gasteiger partial charge is 0.314 e. The van der Waals surface area contributed by atoms with Gasteiger partial charge in [0.05, 0.1) is 11.8 Å². The van der Waals surface area contributed by atoms with Crippen molar-refractivity contribution >= 4 is 11.9 Å². The summed E-state index contributed by atoms with van der Waals surface area (Å²) in [6.07, 6.45) is 8.10. The largest absolute Gasteiger partial charge is 0.427 e. The van der Waals surface area contributed by atoms with E-state index in [-0.39, 0.29) is 35.6 Å². The summed E-state index contributed by atoms with van der Waals surface area (Å²) in [5.74, 6) is 2.47. The van der Waals surface area contributed by atoms with Crippen LogP contribution in [0.25, 0.3) is 0 Å². The first-order valence-electron chi connectivity index (χ1n) is 7.56. The first-order chi connectivity index (χ1) is 9.70. The van der Waals surface area contributed by atoms with Crippen LogP contribution in [0.1, 0.15) is 25.7 Å². The maximum atomic E-state index is 12.4. The number of esters is 2. The molecule has 1 heterocycles. The highest BCUT2D eigenvalue weighted by atomic mass is 16.6. The lowest BCUT2D eigenvalue weighted by Crippen LogP contribution is -2.23. The minimum absolute atomic E-state index is 0.00475. The molecule has 4 bridgehead atoms. The predicted octanol–water partition coefficient (Wildman–Crippen LogP) is 2.17. The first kappa shape index (κ1) is 11.1. The molecule has 6 atom stereocenters. The van der Waals surface area contributed by atoms with Gasteiger partial charge in [0.15, 0.2) is 5.76 Å². The summed E-state index contributed by atoms with van der Waals surface area (Å²) in [7, 11) is 0. The molecule has 4 heteroatoms. The van der Waals surface area contributed by atoms with Crippen LogP contribution in [0.15, 0.2) is 23.7 Å². The lowest BCUT2D eigenvalue weighted by molar-refractivity contribution is -0.146. The van der Waals surface area contributed by atoms with E-state index in [0.717, 1.165) is 25.7 Å². The Morgan fingerprint density at radius 2 is 2.00 bits per heavy atom. The molecule has 5 rings (SSSR count). The van der Waals surface area contributed by atoms with Crippen molar-refractivity contribution in [3.8, 4) is 0 Å². The van der Waals surface area contributed by atoms with E-state index in [0.29, 0.717) is 23.4 Å². The zero-order chi connectivity index (χ0) is 13.4. The van der Waals surface area contributed by atoms with Gasteiger partial charge in [-0.3, -0.25) is 9.59 Å². The third-order valence-electron chi connectivity index (χ3n) is 5.82. The van der Waals surface area contributed by atoms with Crippen LogP contribution in [0, 0.1) is 35.5 Å². The third-order valence-corrected chi connectivity index (χ3v) is 5.82. The van der Waals surface area contributed by atoms with Crippen molar-refractivity contribution in [2.24, 2.45) is 35.5 Å². The first-order valence-corrected chi connectivity index (χ1v) is 7.56. The normalized spacial score (nSPS) is 46.5. The van der Waals surface area contributed by atoms with Crippen LogP contribution in [-0.4, -0.2) is 11.9 Å². The van der Waals surface area contributed by atoms with Crippen LogP contribution in [0.3, 0.4) is 0 Å². The lowest BCUT2D eigenvalue weighted by atomic mass is 9.93. The molecule has 0 radical (unpaired) electrons. The molecular formula is C16H16O4. The van der Waals surface area contributed by atoms with Crippen LogP contribution >= 0.6 is 0 Å². The Morgan fingerprint density at radius 1 is 1.15 bits per heavy atom. The molecule has 6 unspecified atom stereocenters. The molecule has 3 fully saturated rings. The fourth-order valence-electron chi connectivity index (χ4n) is 4.87. The van der Waals surface area contributed by atoms with E-state index < -0.39 is 0 Å². The molecule has 1 saturated heterocycles. The van der Waals surface area contributed by atoms with Gasteiger partial charge >= 0.3 is 11.9 Å². The molecule has 2 saturated carbocycles. The van der Waals surface area contributed by atoms with Gasteiger partial charge in [0, 0.05) is 11.8 Å². The second-order valence-electron chi connectivity index (χ2n) is 6.84. The van der Waals surface area contributed by atoms with Crippen LogP contribution in [0.4, 0.5) is 0 Å². The summed E-state index contributed by atoms with van der Waals surface area (Å²) >= 11 is 0. The molecule has 4 aliphatic carbocycles. The van der Waals surface area contributed by atoms with Crippen LogP contribution in [0.2, 0.25) is 0 Å². The Bertz CT molecular complexity index is 587. The maximum Gasteiger partial charge on any atom is 0.314 e. The van der Waals surface area contributed by atoms with Crippen molar-refractivity contribution in [1.82, 2.24) is 0 Å². The van der Waals surface area contributed by atoms with E-state index in [1.807, 2.05) is 0 Å². The molecular weight excluding hydrogens is 256 g/mol. The minimum atomic E-state index is -0.124. The van der Waals surface area contributed by atoms with Gasteiger partial charge in [-0.2, -0.15) is 0 Å². The summed E-state index contributed by atoms with van der Waals surface area (Å²) < 4.78 is 11.0. The standard InChI is InChI=1S/C16H16O4/c17-15(10-4-7-1-2-8(10)3-7)19-13-9-5-11-12(6-9)16(18)20-14(11)13/h1-2,7-12H,3-6H2. The van der Waals surface area contributed by atoms with E-state index in [9.17, 15) is 9.59 Å². The van der Waals surface area contributed by atoms with Gasteiger partial charge in [-0.05, 0) is 37.5 Å². The SMILES string of the molecule is O=C(OC1=C2OC(=O)C3CC1CC23)C1CC2C=CC1C2. The number of ether oxygens (including phenoxy) is 2. The van der Waals surface area contributed by atoms with Gasteiger partial charge in [-0.15, -0.1) is 0 Å². The second kappa shape index (κ2) is 3.54. The van der Waals surface area contributed by atoms with Crippen molar-refractivity contribution < 1.29 is 19.1 Å². The zero-order valence-corrected chi connectivity index (χ0v) is 11.1. The summed E-state index contributed by atoms with van der Waals surface area (Å²) in [5.41, 5.74) is 0. The highest BCUT2D eigenvalue weighted by Crippen LogP contribution is 2.57.